The van der Waals surface area contributed by atoms with Crippen LogP contribution in [0.5, 0.6) is 0 Å². The lowest BCUT2D eigenvalue weighted by atomic mass is 9.83. The van der Waals surface area contributed by atoms with Gasteiger partial charge in [-0.3, -0.25) is 0 Å². The maximum absolute atomic E-state index is 13.7. The predicted molar refractivity (Wildman–Crippen MR) is 70.1 cm³/mol. The minimum atomic E-state index is -0.604. The fourth-order valence-electron chi connectivity index (χ4n) is 2.08. The van der Waals surface area contributed by atoms with E-state index in [-0.39, 0.29) is 12.5 Å². The van der Waals surface area contributed by atoms with Crippen molar-refractivity contribution in [2.75, 3.05) is 13.2 Å². The number of ether oxygens (including phenoxy) is 1. The minimum Gasteiger partial charge on any atom is -0.444 e. The fraction of sp³-hybridized carbons (Fsp3) is 0.769. The average Bonchev–Trinajstić information content (AvgIpc) is 2.26. The molecule has 6 heteroatoms. The quantitative estimate of drug-likeness (QED) is 0.724. The Kier molecular flexibility index (Phi) is 5.31. The number of hydrogen-bond donors (Lipinski definition) is 3. The lowest BCUT2D eigenvalue weighted by Crippen LogP contribution is -2.46. The van der Waals surface area contributed by atoms with E-state index in [0.717, 1.165) is 0 Å². The third-order valence-electron chi connectivity index (χ3n) is 3.03. The number of aliphatic hydroxyl groups excluding tert-OH is 1. The van der Waals surface area contributed by atoms with Gasteiger partial charge < -0.3 is 20.9 Å². The number of carbonyl (C=O) groups excluding carboxylic acids is 1. The highest BCUT2D eigenvalue weighted by Crippen LogP contribution is 2.29. The Bertz CT molecular complexity index is 352. The third kappa shape index (κ3) is 4.80. The Labute approximate surface area is 113 Å². The van der Waals surface area contributed by atoms with E-state index in [1.807, 2.05) is 0 Å². The molecule has 110 valence electrons. The van der Waals surface area contributed by atoms with Crippen LogP contribution in [-0.2, 0) is 4.74 Å². The molecule has 0 saturated heterocycles. The topological polar surface area (TPSA) is 84.6 Å². The summed E-state index contributed by atoms with van der Waals surface area (Å²) in [4.78, 5) is 11.7. The molecule has 0 bridgehead atoms. The van der Waals surface area contributed by atoms with Gasteiger partial charge in [-0.1, -0.05) is 0 Å². The van der Waals surface area contributed by atoms with E-state index < -0.39 is 29.5 Å². The number of halogens is 1. The molecule has 5 nitrogen and oxygen atoms in total. The molecule has 1 amide bonds. The molecule has 0 radical (unpaired) electrons. The minimum absolute atomic E-state index is 0.107. The molecule has 0 aromatic rings. The largest absolute Gasteiger partial charge is 0.444 e. The Morgan fingerprint density at radius 1 is 1.63 bits per heavy atom. The number of rotatable bonds is 3. The molecule has 0 fully saturated rings. The molecule has 0 spiro atoms. The third-order valence-corrected chi connectivity index (χ3v) is 3.03. The smallest absolute Gasteiger partial charge is 0.408 e. The van der Waals surface area contributed by atoms with E-state index in [1.54, 1.807) is 20.8 Å². The van der Waals surface area contributed by atoms with E-state index in [4.69, 9.17) is 15.6 Å². The number of alkyl carbamates (subject to hydrolysis) is 1. The van der Waals surface area contributed by atoms with Crippen LogP contribution in [0.1, 0.15) is 27.2 Å². The first-order valence-electron chi connectivity index (χ1n) is 6.44. The molecule has 0 aromatic heterocycles. The fourth-order valence-corrected chi connectivity index (χ4v) is 2.08. The van der Waals surface area contributed by atoms with Crippen molar-refractivity contribution < 1.29 is 19.0 Å². The van der Waals surface area contributed by atoms with Crippen molar-refractivity contribution in [1.82, 2.24) is 5.32 Å². The lowest BCUT2D eigenvalue weighted by Gasteiger charge is -2.32. The van der Waals surface area contributed by atoms with E-state index in [9.17, 15) is 9.18 Å². The molecular formula is C13H23FN2O3. The highest BCUT2D eigenvalue weighted by atomic mass is 19.1. The van der Waals surface area contributed by atoms with Crippen LogP contribution in [0, 0.1) is 11.8 Å². The molecule has 0 saturated carbocycles. The van der Waals surface area contributed by atoms with Crippen molar-refractivity contribution in [2.24, 2.45) is 17.6 Å². The molecule has 0 heterocycles. The second kappa shape index (κ2) is 6.34. The summed E-state index contributed by atoms with van der Waals surface area (Å²) in [6, 6.07) is -0.498. The second-order valence-corrected chi connectivity index (χ2v) is 5.83. The normalized spacial score (nSPS) is 27.7. The summed E-state index contributed by atoms with van der Waals surface area (Å²) in [6.45, 7) is 5.32. The first-order valence-corrected chi connectivity index (χ1v) is 6.44. The summed E-state index contributed by atoms with van der Waals surface area (Å²) in [7, 11) is 0. The number of carbonyl (C=O) groups is 1. The zero-order valence-electron chi connectivity index (χ0n) is 11.6. The molecule has 19 heavy (non-hydrogen) atoms. The van der Waals surface area contributed by atoms with Gasteiger partial charge in [-0.05, 0) is 45.7 Å². The number of hydrogen-bond acceptors (Lipinski definition) is 4. The van der Waals surface area contributed by atoms with Gasteiger partial charge in [0.25, 0.3) is 0 Å². The number of aliphatic hydroxyl groups is 1. The zero-order chi connectivity index (χ0) is 14.6. The van der Waals surface area contributed by atoms with E-state index >= 15 is 0 Å². The summed E-state index contributed by atoms with van der Waals surface area (Å²) in [5.41, 5.74) is 5.03. The highest BCUT2D eigenvalue weighted by Gasteiger charge is 2.32. The van der Waals surface area contributed by atoms with Crippen LogP contribution in [0.3, 0.4) is 0 Å². The molecule has 3 atom stereocenters. The van der Waals surface area contributed by atoms with Crippen LogP contribution in [0.25, 0.3) is 0 Å². The molecule has 1 aliphatic carbocycles. The van der Waals surface area contributed by atoms with Crippen molar-refractivity contribution in [3.63, 3.8) is 0 Å². The van der Waals surface area contributed by atoms with Crippen molar-refractivity contribution in [3.8, 4) is 0 Å². The van der Waals surface area contributed by atoms with Crippen LogP contribution in [0.15, 0.2) is 11.9 Å². The Morgan fingerprint density at radius 3 is 2.74 bits per heavy atom. The van der Waals surface area contributed by atoms with Gasteiger partial charge in [0.05, 0.1) is 12.6 Å². The SMILES string of the molecule is CC(C)(C)OC(=O)NC1C=C(F)C(CO)CC1CN. The Morgan fingerprint density at radius 2 is 2.26 bits per heavy atom. The second-order valence-electron chi connectivity index (χ2n) is 5.83. The summed E-state index contributed by atoms with van der Waals surface area (Å²) in [6.07, 6.45) is 1.13. The summed E-state index contributed by atoms with van der Waals surface area (Å²) in [5.74, 6) is -1.04. The van der Waals surface area contributed by atoms with E-state index in [1.165, 1.54) is 6.08 Å². The van der Waals surface area contributed by atoms with Crippen LogP contribution >= 0.6 is 0 Å². The first kappa shape index (κ1) is 15.9. The average molecular weight is 274 g/mol. The van der Waals surface area contributed by atoms with Gasteiger partial charge in [-0.2, -0.15) is 0 Å². The van der Waals surface area contributed by atoms with Crippen molar-refractivity contribution in [3.05, 3.63) is 11.9 Å². The first-order chi connectivity index (χ1) is 8.76. The van der Waals surface area contributed by atoms with Crippen LogP contribution in [0.4, 0.5) is 9.18 Å². The lowest BCUT2D eigenvalue weighted by molar-refractivity contribution is 0.0490. The highest BCUT2D eigenvalue weighted by molar-refractivity contribution is 5.68. The van der Waals surface area contributed by atoms with Crippen molar-refractivity contribution >= 4 is 6.09 Å². The van der Waals surface area contributed by atoms with Crippen LogP contribution in [-0.4, -0.2) is 36.0 Å². The molecular weight excluding hydrogens is 251 g/mol. The Balaban J connectivity index is 2.70. The molecule has 3 unspecified atom stereocenters. The van der Waals surface area contributed by atoms with Crippen molar-refractivity contribution in [1.29, 1.82) is 0 Å². The molecule has 4 N–H and O–H groups in total. The molecule has 1 rings (SSSR count). The number of nitrogens with one attached hydrogen (secondary N) is 1. The van der Waals surface area contributed by atoms with Gasteiger partial charge in [0.2, 0.25) is 0 Å². The summed E-state index contributed by atoms with van der Waals surface area (Å²) < 4.78 is 18.8. The van der Waals surface area contributed by atoms with E-state index in [0.29, 0.717) is 13.0 Å². The van der Waals surface area contributed by atoms with E-state index in [2.05, 4.69) is 5.32 Å². The van der Waals surface area contributed by atoms with Gasteiger partial charge in [-0.25, -0.2) is 9.18 Å². The molecule has 1 aliphatic rings. The maximum atomic E-state index is 13.7. The van der Waals surface area contributed by atoms with Gasteiger partial charge in [0.1, 0.15) is 11.4 Å². The number of nitrogens with two attached hydrogens (primary N) is 1. The predicted octanol–water partition coefficient (Wildman–Crippen LogP) is 1.32. The van der Waals surface area contributed by atoms with Gasteiger partial charge >= 0.3 is 6.09 Å². The van der Waals surface area contributed by atoms with Gasteiger partial charge in [0.15, 0.2) is 0 Å². The van der Waals surface area contributed by atoms with Crippen molar-refractivity contribution in [2.45, 2.75) is 38.8 Å². The monoisotopic (exact) mass is 274 g/mol. The zero-order valence-corrected chi connectivity index (χ0v) is 11.6. The standard InChI is InChI=1S/C13H23FN2O3/c1-13(2,3)19-12(18)16-11-5-10(14)9(7-17)4-8(11)6-15/h5,8-9,11,17H,4,6-7,15H2,1-3H3,(H,16,18). The van der Waals surface area contributed by atoms with Crippen LogP contribution in [0.2, 0.25) is 0 Å². The van der Waals surface area contributed by atoms with Gasteiger partial charge in [-0.15, -0.1) is 0 Å². The number of amides is 1. The molecule has 0 aliphatic heterocycles. The van der Waals surface area contributed by atoms with Gasteiger partial charge in [0, 0.05) is 5.92 Å². The Hall–Kier alpha value is -1.14. The summed E-state index contributed by atoms with van der Waals surface area (Å²) >= 11 is 0. The summed E-state index contributed by atoms with van der Waals surface area (Å²) in [5, 5.41) is 11.7. The van der Waals surface area contributed by atoms with Crippen LogP contribution < -0.4 is 11.1 Å². The molecule has 0 aromatic carbocycles. The maximum Gasteiger partial charge on any atom is 0.408 e.